The number of aromatic nitrogens is 2. The molecule has 0 fully saturated rings. The zero-order chi connectivity index (χ0) is 20.9. The molecule has 0 atom stereocenters. The fourth-order valence-corrected chi connectivity index (χ4v) is 3.42. The van der Waals surface area contributed by atoms with Crippen molar-refractivity contribution >= 4 is 28.3 Å². The standard InChI is InChI=1S/C24H22N4O2/c1-17-12-13-26-28(17)21-10-5-9-20(15-21)27-24(30)16-25-23(29)14-19-8-4-7-18-6-2-3-11-22(18)19/h2-13,15H,14,16H2,1H3,(H,25,29)(H,27,30). The van der Waals surface area contributed by atoms with Crippen molar-refractivity contribution in [1.82, 2.24) is 15.1 Å². The first-order chi connectivity index (χ1) is 14.6. The molecule has 3 aromatic carbocycles. The molecular formula is C24H22N4O2. The number of fused-ring (bicyclic) bond motifs is 1. The zero-order valence-electron chi connectivity index (χ0n) is 16.6. The number of nitrogens with one attached hydrogen (secondary N) is 2. The van der Waals surface area contributed by atoms with Gasteiger partial charge in [-0.1, -0.05) is 48.5 Å². The largest absolute Gasteiger partial charge is 0.347 e. The highest BCUT2D eigenvalue weighted by atomic mass is 16.2. The molecule has 4 aromatic rings. The fraction of sp³-hybridized carbons (Fsp3) is 0.125. The summed E-state index contributed by atoms with van der Waals surface area (Å²) in [5.74, 6) is -0.474. The summed E-state index contributed by atoms with van der Waals surface area (Å²) in [6.45, 7) is 1.87. The van der Waals surface area contributed by atoms with Crippen molar-refractivity contribution in [2.24, 2.45) is 0 Å². The monoisotopic (exact) mass is 398 g/mol. The van der Waals surface area contributed by atoms with Gasteiger partial charge in [0.05, 0.1) is 18.7 Å². The van der Waals surface area contributed by atoms with E-state index < -0.39 is 0 Å². The van der Waals surface area contributed by atoms with E-state index in [9.17, 15) is 9.59 Å². The van der Waals surface area contributed by atoms with Crippen LogP contribution < -0.4 is 10.6 Å². The summed E-state index contributed by atoms with van der Waals surface area (Å²) in [5, 5.41) is 11.9. The van der Waals surface area contributed by atoms with Crippen molar-refractivity contribution in [1.29, 1.82) is 0 Å². The SMILES string of the molecule is Cc1ccnn1-c1cccc(NC(=O)CNC(=O)Cc2cccc3ccccc23)c1. The van der Waals surface area contributed by atoms with Gasteiger partial charge in [-0.05, 0) is 47.5 Å². The van der Waals surface area contributed by atoms with Crippen LogP contribution in [0.4, 0.5) is 5.69 Å². The smallest absolute Gasteiger partial charge is 0.243 e. The second-order valence-electron chi connectivity index (χ2n) is 7.07. The van der Waals surface area contributed by atoms with Gasteiger partial charge in [-0.15, -0.1) is 0 Å². The normalized spacial score (nSPS) is 10.7. The quantitative estimate of drug-likeness (QED) is 0.521. The van der Waals surface area contributed by atoms with Crippen LogP contribution in [0.15, 0.2) is 79.0 Å². The third-order valence-electron chi connectivity index (χ3n) is 4.88. The molecule has 0 radical (unpaired) electrons. The average Bonchev–Trinajstić information content (AvgIpc) is 3.19. The zero-order valence-corrected chi connectivity index (χ0v) is 16.6. The van der Waals surface area contributed by atoms with Crippen molar-refractivity contribution in [3.05, 3.63) is 90.3 Å². The highest BCUT2D eigenvalue weighted by Gasteiger charge is 2.10. The number of hydrogen-bond acceptors (Lipinski definition) is 3. The molecule has 0 saturated carbocycles. The lowest BCUT2D eigenvalue weighted by Gasteiger charge is -2.10. The van der Waals surface area contributed by atoms with Crippen LogP contribution in [0.25, 0.3) is 16.5 Å². The minimum Gasteiger partial charge on any atom is -0.347 e. The van der Waals surface area contributed by atoms with Crippen LogP contribution >= 0.6 is 0 Å². The van der Waals surface area contributed by atoms with Crippen LogP contribution in [0, 0.1) is 6.92 Å². The number of aryl methyl sites for hydroxylation is 1. The van der Waals surface area contributed by atoms with Gasteiger partial charge in [-0.3, -0.25) is 9.59 Å². The molecule has 0 unspecified atom stereocenters. The number of anilines is 1. The van der Waals surface area contributed by atoms with Crippen LogP contribution in [0.1, 0.15) is 11.3 Å². The molecule has 0 saturated heterocycles. The summed E-state index contributed by atoms with van der Waals surface area (Å²) in [6, 6.07) is 23.2. The summed E-state index contributed by atoms with van der Waals surface area (Å²) < 4.78 is 1.79. The Bertz CT molecular complexity index is 1210. The molecule has 0 spiro atoms. The summed E-state index contributed by atoms with van der Waals surface area (Å²) in [7, 11) is 0. The molecule has 1 aromatic heterocycles. The lowest BCUT2D eigenvalue weighted by molar-refractivity contribution is -0.123. The molecule has 4 rings (SSSR count). The molecule has 0 bridgehead atoms. The van der Waals surface area contributed by atoms with Crippen molar-refractivity contribution in [2.45, 2.75) is 13.3 Å². The Morgan fingerprint density at radius 2 is 1.73 bits per heavy atom. The average molecular weight is 398 g/mol. The van der Waals surface area contributed by atoms with Crippen molar-refractivity contribution in [2.75, 3.05) is 11.9 Å². The second kappa shape index (κ2) is 8.61. The number of nitrogens with zero attached hydrogens (tertiary/aromatic N) is 2. The lowest BCUT2D eigenvalue weighted by Crippen LogP contribution is -2.33. The van der Waals surface area contributed by atoms with Crippen LogP contribution in [0.3, 0.4) is 0 Å². The number of rotatable bonds is 6. The van der Waals surface area contributed by atoms with Gasteiger partial charge in [0.15, 0.2) is 0 Å². The van der Waals surface area contributed by atoms with Crippen molar-refractivity contribution in [3.63, 3.8) is 0 Å². The minimum absolute atomic E-state index is 0.0887. The van der Waals surface area contributed by atoms with E-state index in [-0.39, 0.29) is 24.8 Å². The Balaban J connectivity index is 1.35. The fourth-order valence-electron chi connectivity index (χ4n) is 3.42. The van der Waals surface area contributed by atoms with Crippen molar-refractivity contribution < 1.29 is 9.59 Å². The van der Waals surface area contributed by atoms with Crippen LogP contribution in [-0.4, -0.2) is 28.1 Å². The molecule has 0 aliphatic carbocycles. The van der Waals surface area contributed by atoms with Gasteiger partial charge in [0.1, 0.15) is 0 Å². The van der Waals surface area contributed by atoms with Crippen LogP contribution in [0.2, 0.25) is 0 Å². The summed E-state index contributed by atoms with van der Waals surface area (Å²) >= 11 is 0. The molecule has 30 heavy (non-hydrogen) atoms. The van der Waals surface area contributed by atoms with Crippen LogP contribution in [-0.2, 0) is 16.0 Å². The number of benzene rings is 3. The van der Waals surface area contributed by atoms with E-state index in [4.69, 9.17) is 0 Å². The highest BCUT2D eigenvalue weighted by molar-refractivity contribution is 5.96. The van der Waals surface area contributed by atoms with E-state index in [0.29, 0.717) is 5.69 Å². The predicted octanol–water partition coefficient (Wildman–Crippen LogP) is 3.63. The Morgan fingerprint density at radius 1 is 0.933 bits per heavy atom. The molecule has 2 amide bonds. The molecule has 2 N–H and O–H groups in total. The van der Waals surface area contributed by atoms with Gasteiger partial charge in [0.2, 0.25) is 11.8 Å². The maximum Gasteiger partial charge on any atom is 0.243 e. The highest BCUT2D eigenvalue weighted by Crippen LogP contribution is 2.19. The molecule has 150 valence electrons. The van der Waals surface area contributed by atoms with Crippen LogP contribution in [0.5, 0.6) is 0 Å². The van der Waals surface area contributed by atoms with E-state index in [0.717, 1.165) is 27.7 Å². The Kier molecular flexibility index (Phi) is 5.57. The third-order valence-corrected chi connectivity index (χ3v) is 4.88. The van der Waals surface area contributed by atoms with Gasteiger partial charge in [0.25, 0.3) is 0 Å². The Hall–Kier alpha value is -3.93. The Labute approximate surface area is 174 Å². The van der Waals surface area contributed by atoms with E-state index in [1.54, 1.807) is 16.9 Å². The molecule has 0 aliphatic heterocycles. The topological polar surface area (TPSA) is 76.0 Å². The first kappa shape index (κ1) is 19.4. The number of carbonyl (C=O) groups excluding carboxylic acids is 2. The minimum atomic E-state index is -0.282. The number of carbonyl (C=O) groups is 2. The molecule has 0 aliphatic rings. The predicted molar refractivity (Wildman–Crippen MR) is 118 cm³/mol. The van der Waals surface area contributed by atoms with E-state index in [1.807, 2.05) is 73.7 Å². The van der Waals surface area contributed by atoms with E-state index in [1.165, 1.54) is 0 Å². The summed E-state index contributed by atoms with van der Waals surface area (Å²) in [4.78, 5) is 24.7. The van der Waals surface area contributed by atoms with Gasteiger partial charge in [-0.25, -0.2) is 4.68 Å². The molecule has 6 heteroatoms. The number of amides is 2. The first-order valence-electron chi connectivity index (χ1n) is 9.74. The summed E-state index contributed by atoms with van der Waals surface area (Å²) in [6.07, 6.45) is 1.95. The second-order valence-corrected chi connectivity index (χ2v) is 7.07. The molecule has 1 heterocycles. The van der Waals surface area contributed by atoms with Gasteiger partial charge in [0, 0.05) is 17.6 Å². The van der Waals surface area contributed by atoms with Gasteiger partial charge < -0.3 is 10.6 Å². The maximum absolute atomic E-state index is 12.4. The van der Waals surface area contributed by atoms with Crippen molar-refractivity contribution in [3.8, 4) is 5.69 Å². The summed E-state index contributed by atoms with van der Waals surface area (Å²) in [5.41, 5.74) is 3.44. The maximum atomic E-state index is 12.4. The lowest BCUT2D eigenvalue weighted by atomic mass is 10.0. The Morgan fingerprint density at radius 3 is 2.57 bits per heavy atom. The van der Waals surface area contributed by atoms with E-state index >= 15 is 0 Å². The first-order valence-corrected chi connectivity index (χ1v) is 9.74. The van der Waals surface area contributed by atoms with Gasteiger partial charge >= 0.3 is 0 Å². The molecule has 6 nitrogen and oxygen atoms in total. The molecular weight excluding hydrogens is 376 g/mol. The van der Waals surface area contributed by atoms with E-state index in [2.05, 4.69) is 15.7 Å². The van der Waals surface area contributed by atoms with Gasteiger partial charge in [-0.2, -0.15) is 5.10 Å². The third kappa shape index (κ3) is 4.38. The number of hydrogen-bond donors (Lipinski definition) is 2.